The molecule has 0 saturated heterocycles. The van der Waals surface area contributed by atoms with Crippen molar-refractivity contribution in [3.8, 4) is 5.75 Å². The standard InChI is InChI=1S/C17H30N2O2/c1-6-12-21-14-11-9-8-10-13(14)15(19-18)16(20-7-2)17(3,4)5/h8-11,15-16,19H,6-7,12,18H2,1-5H3. The first-order valence-electron chi connectivity index (χ1n) is 7.75. The number of hydrogen-bond donors (Lipinski definition) is 2. The summed E-state index contributed by atoms with van der Waals surface area (Å²) < 4.78 is 11.8. The molecule has 0 heterocycles. The van der Waals surface area contributed by atoms with Crippen molar-refractivity contribution in [2.75, 3.05) is 13.2 Å². The fraction of sp³-hybridized carbons (Fsp3) is 0.647. The van der Waals surface area contributed by atoms with Gasteiger partial charge >= 0.3 is 0 Å². The Labute approximate surface area is 129 Å². The van der Waals surface area contributed by atoms with Crippen molar-refractivity contribution in [2.45, 2.75) is 53.2 Å². The van der Waals surface area contributed by atoms with Gasteiger partial charge in [0.1, 0.15) is 5.75 Å². The Balaban J connectivity index is 3.12. The number of benzene rings is 1. The van der Waals surface area contributed by atoms with Crippen LogP contribution in [0.1, 0.15) is 52.6 Å². The van der Waals surface area contributed by atoms with Crippen LogP contribution in [0.5, 0.6) is 5.75 Å². The monoisotopic (exact) mass is 294 g/mol. The average Bonchev–Trinajstić information content (AvgIpc) is 2.45. The first-order chi connectivity index (χ1) is 9.95. The molecule has 1 aromatic carbocycles. The summed E-state index contributed by atoms with van der Waals surface area (Å²) in [6, 6.07) is 7.91. The van der Waals surface area contributed by atoms with Crippen LogP contribution in [0.2, 0.25) is 0 Å². The number of hydrogen-bond acceptors (Lipinski definition) is 4. The van der Waals surface area contributed by atoms with E-state index in [4.69, 9.17) is 15.3 Å². The summed E-state index contributed by atoms with van der Waals surface area (Å²) in [5, 5.41) is 0. The van der Waals surface area contributed by atoms with Crippen LogP contribution in [-0.2, 0) is 4.74 Å². The molecular formula is C17H30N2O2. The van der Waals surface area contributed by atoms with E-state index in [0.717, 1.165) is 17.7 Å². The molecule has 0 fully saturated rings. The van der Waals surface area contributed by atoms with Crippen LogP contribution in [0.15, 0.2) is 24.3 Å². The van der Waals surface area contributed by atoms with E-state index in [1.54, 1.807) is 0 Å². The van der Waals surface area contributed by atoms with Crippen LogP contribution in [0.3, 0.4) is 0 Å². The summed E-state index contributed by atoms with van der Waals surface area (Å²) in [5.41, 5.74) is 3.93. The van der Waals surface area contributed by atoms with Crippen LogP contribution < -0.4 is 16.0 Å². The maximum atomic E-state index is 5.98. The number of ether oxygens (including phenoxy) is 2. The molecule has 0 aliphatic heterocycles. The lowest BCUT2D eigenvalue weighted by Crippen LogP contribution is -2.44. The van der Waals surface area contributed by atoms with Gasteiger partial charge in [-0.2, -0.15) is 0 Å². The normalized spacial score (nSPS) is 14.8. The molecule has 3 N–H and O–H groups in total. The molecule has 0 aliphatic rings. The second-order valence-corrected chi connectivity index (χ2v) is 6.27. The van der Waals surface area contributed by atoms with E-state index in [-0.39, 0.29) is 17.6 Å². The first kappa shape index (κ1) is 18.0. The summed E-state index contributed by atoms with van der Waals surface area (Å²) in [6.07, 6.45) is 0.933. The van der Waals surface area contributed by atoms with Gasteiger partial charge in [0, 0.05) is 12.2 Å². The van der Waals surface area contributed by atoms with Crippen molar-refractivity contribution >= 4 is 0 Å². The lowest BCUT2D eigenvalue weighted by Gasteiger charge is -2.37. The largest absolute Gasteiger partial charge is 0.493 e. The minimum absolute atomic E-state index is 0.0368. The van der Waals surface area contributed by atoms with Gasteiger partial charge in [0.15, 0.2) is 0 Å². The van der Waals surface area contributed by atoms with E-state index >= 15 is 0 Å². The molecule has 0 saturated carbocycles. The Morgan fingerprint density at radius 3 is 2.38 bits per heavy atom. The maximum Gasteiger partial charge on any atom is 0.124 e. The molecule has 0 bridgehead atoms. The molecule has 1 aromatic rings. The molecule has 21 heavy (non-hydrogen) atoms. The van der Waals surface area contributed by atoms with Crippen molar-refractivity contribution in [3.63, 3.8) is 0 Å². The fourth-order valence-corrected chi connectivity index (χ4v) is 2.45. The number of nitrogens with two attached hydrogens (primary N) is 1. The third-order valence-corrected chi connectivity index (χ3v) is 3.40. The fourth-order valence-electron chi connectivity index (χ4n) is 2.45. The molecule has 4 nitrogen and oxygen atoms in total. The predicted molar refractivity (Wildman–Crippen MR) is 87.2 cm³/mol. The summed E-state index contributed by atoms with van der Waals surface area (Å²) >= 11 is 0. The number of rotatable bonds is 8. The van der Waals surface area contributed by atoms with Crippen molar-refractivity contribution in [1.29, 1.82) is 0 Å². The Kier molecular flexibility index (Phi) is 7.15. The van der Waals surface area contributed by atoms with Gasteiger partial charge < -0.3 is 9.47 Å². The van der Waals surface area contributed by atoms with Crippen molar-refractivity contribution in [2.24, 2.45) is 11.3 Å². The van der Waals surface area contributed by atoms with Gasteiger partial charge in [-0.25, -0.2) is 0 Å². The van der Waals surface area contributed by atoms with Crippen molar-refractivity contribution in [1.82, 2.24) is 5.43 Å². The zero-order valence-corrected chi connectivity index (χ0v) is 14.0. The highest BCUT2D eigenvalue weighted by Crippen LogP contribution is 2.36. The predicted octanol–water partition coefficient (Wildman–Crippen LogP) is 3.43. The van der Waals surface area contributed by atoms with Gasteiger partial charge in [-0.15, -0.1) is 0 Å². The zero-order valence-electron chi connectivity index (χ0n) is 14.0. The van der Waals surface area contributed by atoms with Crippen LogP contribution >= 0.6 is 0 Å². The maximum absolute atomic E-state index is 5.98. The highest BCUT2D eigenvalue weighted by Gasteiger charge is 2.34. The van der Waals surface area contributed by atoms with E-state index < -0.39 is 0 Å². The van der Waals surface area contributed by atoms with Gasteiger partial charge in [0.2, 0.25) is 0 Å². The van der Waals surface area contributed by atoms with E-state index in [1.807, 2.05) is 31.2 Å². The third-order valence-electron chi connectivity index (χ3n) is 3.40. The molecule has 2 atom stereocenters. The van der Waals surface area contributed by atoms with Gasteiger partial charge in [-0.3, -0.25) is 11.3 Å². The summed E-state index contributed by atoms with van der Waals surface area (Å²) in [7, 11) is 0. The van der Waals surface area contributed by atoms with Crippen LogP contribution in [0, 0.1) is 5.41 Å². The van der Waals surface area contributed by atoms with Gasteiger partial charge in [0.05, 0.1) is 18.8 Å². The minimum Gasteiger partial charge on any atom is -0.493 e. The highest BCUT2D eigenvalue weighted by atomic mass is 16.5. The molecule has 2 unspecified atom stereocenters. The van der Waals surface area contributed by atoms with E-state index in [0.29, 0.717) is 13.2 Å². The lowest BCUT2D eigenvalue weighted by atomic mass is 9.82. The quantitative estimate of drug-likeness (QED) is 0.570. The van der Waals surface area contributed by atoms with Gasteiger partial charge in [0.25, 0.3) is 0 Å². The van der Waals surface area contributed by atoms with Gasteiger partial charge in [-0.1, -0.05) is 45.9 Å². The van der Waals surface area contributed by atoms with E-state index in [2.05, 4.69) is 33.1 Å². The highest BCUT2D eigenvalue weighted by molar-refractivity contribution is 5.37. The molecule has 0 amide bonds. The molecule has 0 radical (unpaired) electrons. The third kappa shape index (κ3) is 4.99. The molecule has 4 heteroatoms. The molecular weight excluding hydrogens is 264 g/mol. The Morgan fingerprint density at radius 2 is 1.86 bits per heavy atom. The first-order valence-corrected chi connectivity index (χ1v) is 7.75. The molecule has 0 aliphatic carbocycles. The van der Waals surface area contributed by atoms with Crippen LogP contribution in [-0.4, -0.2) is 19.3 Å². The molecule has 0 spiro atoms. The lowest BCUT2D eigenvalue weighted by molar-refractivity contribution is -0.0371. The Bertz CT molecular complexity index is 415. The second kappa shape index (κ2) is 8.37. The molecule has 0 aromatic heterocycles. The average molecular weight is 294 g/mol. The summed E-state index contributed by atoms with van der Waals surface area (Å²) in [6.45, 7) is 11.9. The number of nitrogens with one attached hydrogen (secondary N) is 1. The Hall–Kier alpha value is -1.10. The molecule has 1 rings (SSSR count). The Morgan fingerprint density at radius 1 is 1.19 bits per heavy atom. The molecule has 120 valence electrons. The van der Waals surface area contributed by atoms with Gasteiger partial charge in [-0.05, 0) is 24.8 Å². The topological polar surface area (TPSA) is 56.5 Å². The zero-order chi connectivity index (χ0) is 15.9. The van der Waals surface area contributed by atoms with Crippen LogP contribution in [0.25, 0.3) is 0 Å². The second-order valence-electron chi connectivity index (χ2n) is 6.27. The summed E-state index contributed by atoms with van der Waals surface area (Å²) in [4.78, 5) is 0. The number of hydrazine groups is 1. The van der Waals surface area contributed by atoms with Crippen molar-refractivity contribution < 1.29 is 9.47 Å². The number of para-hydroxylation sites is 1. The van der Waals surface area contributed by atoms with E-state index in [1.165, 1.54) is 0 Å². The van der Waals surface area contributed by atoms with E-state index in [9.17, 15) is 0 Å². The summed E-state index contributed by atoms with van der Waals surface area (Å²) in [5.74, 6) is 6.72. The van der Waals surface area contributed by atoms with Crippen molar-refractivity contribution in [3.05, 3.63) is 29.8 Å². The van der Waals surface area contributed by atoms with Crippen LogP contribution in [0.4, 0.5) is 0 Å². The SMILES string of the molecule is CCCOc1ccccc1C(NN)C(OCC)C(C)(C)C. The minimum atomic E-state index is -0.113. The smallest absolute Gasteiger partial charge is 0.124 e.